The van der Waals surface area contributed by atoms with E-state index >= 15 is 0 Å². The summed E-state index contributed by atoms with van der Waals surface area (Å²) in [6, 6.07) is 10.00. The van der Waals surface area contributed by atoms with Crippen LogP contribution in [-0.2, 0) is 19.1 Å². The van der Waals surface area contributed by atoms with E-state index in [1.54, 1.807) is 0 Å². The minimum Gasteiger partial charge on any atom is -0.469 e. The number of methoxy groups -OCH3 is 1. The van der Waals surface area contributed by atoms with E-state index in [1.807, 2.05) is 30.3 Å². The molecule has 2 aliphatic heterocycles. The van der Waals surface area contributed by atoms with E-state index in [2.05, 4.69) is 5.16 Å². The summed E-state index contributed by atoms with van der Waals surface area (Å²) >= 11 is 0. The number of ether oxygens (including phenoxy) is 2. The number of carbonyl (C=O) groups is 1. The molecule has 0 radical (unpaired) electrons. The average Bonchev–Trinajstić information content (AvgIpc) is 3.04. The van der Waals surface area contributed by atoms with Crippen LogP contribution in [0.15, 0.2) is 35.5 Å². The zero-order valence-electron chi connectivity index (χ0n) is 12.8. The number of hydrogen-bond acceptors (Lipinski definition) is 5. The predicted molar refractivity (Wildman–Crippen MR) is 81.6 cm³/mol. The van der Waals surface area contributed by atoms with Crippen molar-refractivity contribution in [2.45, 2.75) is 31.8 Å². The lowest BCUT2D eigenvalue weighted by atomic mass is 9.75. The van der Waals surface area contributed by atoms with Gasteiger partial charge in [0.15, 0.2) is 0 Å². The molecule has 22 heavy (non-hydrogen) atoms. The summed E-state index contributed by atoms with van der Waals surface area (Å²) in [5.74, 6) is -0.160. The van der Waals surface area contributed by atoms with Gasteiger partial charge in [-0.15, -0.1) is 0 Å². The van der Waals surface area contributed by atoms with Crippen LogP contribution in [0, 0.1) is 5.41 Å². The molecule has 1 atom stereocenters. The summed E-state index contributed by atoms with van der Waals surface area (Å²) in [6.07, 6.45) is 2.64. The van der Waals surface area contributed by atoms with E-state index in [0.29, 0.717) is 32.5 Å². The smallest absolute Gasteiger partial charge is 0.312 e. The Labute approximate surface area is 130 Å². The number of benzene rings is 1. The number of carbonyl (C=O) groups excluding carboxylic acids is 1. The maximum absolute atomic E-state index is 12.3. The molecule has 3 rings (SSSR count). The summed E-state index contributed by atoms with van der Waals surface area (Å²) in [5, 5.41) is 4.20. The third-order valence-electron chi connectivity index (χ3n) is 4.53. The molecular formula is C17H21NO4. The Morgan fingerprint density at radius 3 is 2.73 bits per heavy atom. The molecular weight excluding hydrogens is 282 g/mol. The van der Waals surface area contributed by atoms with Crippen LogP contribution in [0.25, 0.3) is 0 Å². The molecule has 1 aromatic carbocycles. The van der Waals surface area contributed by atoms with E-state index in [0.717, 1.165) is 17.7 Å². The van der Waals surface area contributed by atoms with Crippen LogP contribution in [0.3, 0.4) is 0 Å². The Balaban J connectivity index is 1.67. The van der Waals surface area contributed by atoms with Crippen molar-refractivity contribution in [3.05, 3.63) is 35.9 Å². The van der Waals surface area contributed by atoms with Gasteiger partial charge < -0.3 is 14.3 Å². The molecule has 1 aromatic rings. The molecule has 0 bridgehead atoms. The van der Waals surface area contributed by atoms with E-state index in [-0.39, 0.29) is 12.1 Å². The maximum Gasteiger partial charge on any atom is 0.312 e. The first-order valence-corrected chi connectivity index (χ1v) is 7.68. The Hall–Kier alpha value is -1.88. The van der Waals surface area contributed by atoms with Crippen LogP contribution in [0.4, 0.5) is 0 Å². The zero-order chi connectivity index (χ0) is 15.4. The molecule has 1 unspecified atom stereocenters. The summed E-state index contributed by atoms with van der Waals surface area (Å²) in [7, 11) is 1.45. The van der Waals surface area contributed by atoms with Crippen LogP contribution >= 0.6 is 0 Å². The molecule has 2 heterocycles. The van der Waals surface area contributed by atoms with Gasteiger partial charge in [0.2, 0.25) is 0 Å². The summed E-state index contributed by atoms with van der Waals surface area (Å²) in [6.45, 7) is 1.18. The first-order chi connectivity index (χ1) is 10.7. The van der Waals surface area contributed by atoms with Gasteiger partial charge in [0, 0.05) is 26.1 Å². The van der Waals surface area contributed by atoms with Crippen molar-refractivity contribution < 1.29 is 19.1 Å². The van der Waals surface area contributed by atoms with Crippen molar-refractivity contribution >= 4 is 11.7 Å². The highest BCUT2D eigenvalue weighted by atomic mass is 16.6. The van der Waals surface area contributed by atoms with E-state index in [4.69, 9.17) is 14.3 Å². The van der Waals surface area contributed by atoms with Crippen LogP contribution in [0.2, 0.25) is 0 Å². The van der Waals surface area contributed by atoms with Crippen molar-refractivity contribution in [3.8, 4) is 0 Å². The number of rotatable bonds is 4. The molecule has 118 valence electrons. The molecule has 0 saturated carbocycles. The van der Waals surface area contributed by atoms with Gasteiger partial charge in [0.25, 0.3) is 0 Å². The minimum atomic E-state index is -0.501. The summed E-state index contributed by atoms with van der Waals surface area (Å²) in [4.78, 5) is 17.8. The molecule has 2 aliphatic rings. The largest absolute Gasteiger partial charge is 0.469 e. The van der Waals surface area contributed by atoms with Gasteiger partial charge in [-0.3, -0.25) is 4.79 Å². The minimum absolute atomic E-state index is 0.0765. The second-order valence-corrected chi connectivity index (χ2v) is 5.92. The van der Waals surface area contributed by atoms with Crippen molar-refractivity contribution in [2.75, 3.05) is 20.3 Å². The fraction of sp³-hybridized carbons (Fsp3) is 0.529. The highest BCUT2D eigenvalue weighted by Crippen LogP contribution is 2.39. The second kappa shape index (κ2) is 6.48. The van der Waals surface area contributed by atoms with Gasteiger partial charge in [0.1, 0.15) is 6.10 Å². The molecule has 5 heteroatoms. The first-order valence-electron chi connectivity index (χ1n) is 7.68. The monoisotopic (exact) mass is 303 g/mol. The Kier molecular flexibility index (Phi) is 4.43. The lowest BCUT2D eigenvalue weighted by Crippen LogP contribution is -2.41. The Morgan fingerprint density at radius 2 is 2.05 bits per heavy atom. The molecule has 0 amide bonds. The molecule has 0 aromatic heterocycles. The maximum atomic E-state index is 12.3. The van der Waals surface area contributed by atoms with Gasteiger partial charge in [-0.25, -0.2) is 0 Å². The Bertz CT molecular complexity index is 549. The SMILES string of the molecule is COC(=O)C1(CC2CC(c3ccccc3)=NO2)CCOCC1. The number of esters is 1. The van der Waals surface area contributed by atoms with E-state index in [9.17, 15) is 4.79 Å². The van der Waals surface area contributed by atoms with Crippen molar-refractivity contribution in [1.29, 1.82) is 0 Å². The van der Waals surface area contributed by atoms with Gasteiger partial charge in [0.05, 0.1) is 18.2 Å². The first kappa shape index (κ1) is 15.0. The summed E-state index contributed by atoms with van der Waals surface area (Å²) < 4.78 is 10.4. The molecule has 0 N–H and O–H groups in total. The van der Waals surface area contributed by atoms with Gasteiger partial charge >= 0.3 is 5.97 Å². The van der Waals surface area contributed by atoms with Crippen LogP contribution in [-0.4, -0.2) is 38.1 Å². The normalized spacial score (nSPS) is 23.5. The topological polar surface area (TPSA) is 57.1 Å². The highest BCUT2D eigenvalue weighted by molar-refractivity contribution is 6.01. The standard InChI is InChI=1S/C17H21NO4/c1-20-16(19)17(7-9-21-10-8-17)12-14-11-15(18-22-14)13-5-3-2-4-6-13/h2-6,14H,7-12H2,1H3. The summed E-state index contributed by atoms with van der Waals surface area (Å²) in [5.41, 5.74) is 1.51. The van der Waals surface area contributed by atoms with Gasteiger partial charge in [-0.1, -0.05) is 35.5 Å². The third-order valence-corrected chi connectivity index (χ3v) is 4.53. The molecule has 1 fully saturated rings. The number of hydrogen-bond donors (Lipinski definition) is 0. The van der Waals surface area contributed by atoms with Crippen molar-refractivity contribution in [1.82, 2.24) is 0 Å². The van der Waals surface area contributed by atoms with Crippen molar-refractivity contribution in [2.24, 2.45) is 10.6 Å². The van der Waals surface area contributed by atoms with Gasteiger partial charge in [-0.2, -0.15) is 0 Å². The predicted octanol–water partition coefficient (Wildman–Crippen LogP) is 2.54. The molecule has 5 nitrogen and oxygen atoms in total. The fourth-order valence-electron chi connectivity index (χ4n) is 3.24. The average molecular weight is 303 g/mol. The van der Waals surface area contributed by atoms with Crippen LogP contribution < -0.4 is 0 Å². The lowest BCUT2D eigenvalue weighted by molar-refractivity contribution is -0.162. The lowest BCUT2D eigenvalue weighted by Gasteiger charge is -2.35. The quantitative estimate of drug-likeness (QED) is 0.802. The number of oxime groups is 1. The highest BCUT2D eigenvalue weighted by Gasteiger charge is 2.44. The third kappa shape index (κ3) is 2.99. The zero-order valence-corrected chi connectivity index (χ0v) is 12.8. The molecule has 0 spiro atoms. The number of nitrogens with zero attached hydrogens (tertiary/aromatic N) is 1. The molecule has 0 aliphatic carbocycles. The fourth-order valence-corrected chi connectivity index (χ4v) is 3.24. The van der Waals surface area contributed by atoms with Crippen LogP contribution in [0.5, 0.6) is 0 Å². The van der Waals surface area contributed by atoms with Crippen LogP contribution in [0.1, 0.15) is 31.2 Å². The van der Waals surface area contributed by atoms with Crippen molar-refractivity contribution in [3.63, 3.8) is 0 Å². The van der Waals surface area contributed by atoms with E-state index < -0.39 is 5.41 Å². The second-order valence-electron chi connectivity index (χ2n) is 5.92. The molecule has 1 saturated heterocycles. The van der Waals surface area contributed by atoms with E-state index in [1.165, 1.54) is 7.11 Å². The van der Waals surface area contributed by atoms with Gasteiger partial charge in [-0.05, 0) is 18.4 Å². The Morgan fingerprint density at radius 1 is 1.32 bits per heavy atom.